The lowest BCUT2D eigenvalue weighted by atomic mass is 9.91. The summed E-state index contributed by atoms with van der Waals surface area (Å²) < 4.78 is 0. The van der Waals surface area contributed by atoms with E-state index in [0.717, 1.165) is 24.5 Å². The number of hydrogen-bond acceptors (Lipinski definition) is 5. The van der Waals surface area contributed by atoms with Gasteiger partial charge in [0.2, 0.25) is 5.95 Å². The van der Waals surface area contributed by atoms with E-state index >= 15 is 0 Å². The zero-order valence-corrected chi connectivity index (χ0v) is 10.8. The fraction of sp³-hybridized carbons (Fsp3) is 0.692. The van der Waals surface area contributed by atoms with Gasteiger partial charge in [0.05, 0.1) is 0 Å². The van der Waals surface area contributed by atoms with Gasteiger partial charge in [-0.2, -0.15) is 4.98 Å². The van der Waals surface area contributed by atoms with Crippen LogP contribution in [0.5, 0.6) is 0 Å². The molecule has 0 aliphatic carbocycles. The summed E-state index contributed by atoms with van der Waals surface area (Å²) in [5.41, 5.74) is 5.64. The third kappa shape index (κ3) is 2.27. The lowest BCUT2D eigenvalue weighted by molar-refractivity contribution is 0.139. The van der Waals surface area contributed by atoms with Crippen molar-refractivity contribution in [1.82, 2.24) is 14.9 Å². The molecule has 2 saturated heterocycles. The number of nitrogen functional groups attached to an aromatic ring is 1. The Morgan fingerprint density at radius 2 is 2.11 bits per heavy atom. The molecule has 0 aromatic carbocycles. The first kappa shape index (κ1) is 11.7. The minimum Gasteiger partial charge on any atom is -0.384 e. The Labute approximate surface area is 108 Å². The second kappa shape index (κ2) is 4.72. The summed E-state index contributed by atoms with van der Waals surface area (Å²) in [5, 5.41) is 3.32. The average Bonchev–Trinajstić information content (AvgIpc) is 2.60. The van der Waals surface area contributed by atoms with E-state index in [0.29, 0.717) is 11.8 Å². The van der Waals surface area contributed by atoms with E-state index in [-0.39, 0.29) is 0 Å². The van der Waals surface area contributed by atoms with Crippen LogP contribution in [0, 0.1) is 5.92 Å². The minimum atomic E-state index is 0.524. The molecule has 0 spiro atoms. The summed E-state index contributed by atoms with van der Waals surface area (Å²) in [5.74, 6) is 1.92. The van der Waals surface area contributed by atoms with Crippen molar-refractivity contribution in [3.05, 3.63) is 12.3 Å². The van der Waals surface area contributed by atoms with Gasteiger partial charge < -0.3 is 16.0 Å². The lowest BCUT2D eigenvalue weighted by Gasteiger charge is -2.36. The number of nitrogens with two attached hydrogens (primary N) is 1. The molecule has 18 heavy (non-hydrogen) atoms. The molecule has 2 aliphatic rings. The number of piperidine rings is 1. The van der Waals surface area contributed by atoms with Gasteiger partial charge in [0, 0.05) is 24.8 Å². The normalized spacial score (nSPS) is 31.5. The Balaban J connectivity index is 1.55. The van der Waals surface area contributed by atoms with Gasteiger partial charge in [-0.25, -0.2) is 4.98 Å². The van der Waals surface area contributed by atoms with Gasteiger partial charge in [-0.1, -0.05) is 0 Å². The third-order valence-corrected chi connectivity index (χ3v) is 4.42. The summed E-state index contributed by atoms with van der Waals surface area (Å²) >= 11 is 0. The molecule has 0 amide bonds. The smallest absolute Gasteiger partial charge is 0.224 e. The van der Waals surface area contributed by atoms with E-state index in [1.807, 2.05) is 0 Å². The number of fused-ring (bicyclic) bond motifs is 2. The second-order valence-electron chi connectivity index (χ2n) is 5.57. The van der Waals surface area contributed by atoms with Crippen LogP contribution >= 0.6 is 0 Å². The van der Waals surface area contributed by atoms with Crippen molar-refractivity contribution in [1.29, 1.82) is 0 Å². The number of nitrogens with one attached hydrogen (secondary N) is 1. The molecule has 98 valence electrons. The van der Waals surface area contributed by atoms with E-state index in [2.05, 4.69) is 27.2 Å². The van der Waals surface area contributed by atoms with Crippen molar-refractivity contribution in [3.8, 4) is 0 Å². The van der Waals surface area contributed by atoms with E-state index < -0.39 is 0 Å². The molecular weight excluding hydrogens is 226 g/mol. The SMILES string of the molecule is CN1C2CCC1CC(CNc1nccc(N)n1)C2. The molecule has 3 N–H and O–H groups in total. The average molecular weight is 247 g/mol. The summed E-state index contributed by atoms with van der Waals surface area (Å²) in [6, 6.07) is 3.29. The number of nitrogens with zero attached hydrogens (tertiary/aromatic N) is 3. The highest BCUT2D eigenvalue weighted by molar-refractivity contribution is 5.34. The maximum Gasteiger partial charge on any atom is 0.224 e. The largest absolute Gasteiger partial charge is 0.384 e. The standard InChI is InChI=1S/C13H21N5/c1-18-10-2-3-11(18)7-9(6-10)8-16-13-15-5-4-12(14)17-13/h4-5,9-11H,2-3,6-8H2,1H3,(H3,14,15,16,17). The maximum absolute atomic E-state index is 5.64. The highest BCUT2D eigenvalue weighted by Crippen LogP contribution is 2.37. The molecule has 2 bridgehead atoms. The zero-order valence-electron chi connectivity index (χ0n) is 10.8. The minimum absolute atomic E-state index is 0.524. The van der Waals surface area contributed by atoms with Crippen LogP contribution in [0.4, 0.5) is 11.8 Å². The molecule has 2 unspecified atom stereocenters. The lowest BCUT2D eigenvalue weighted by Crippen LogP contribution is -2.41. The van der Waals surface area contributed by atoms with Crippen LogP contribution in [-0.2, 0) is 0 Å². The molecule has 3 rings (SSSR count). The molecular formula is C13H21N5. The van der Waals surface area contributed by atoms with Crippen LogP contribution < -0.4 is 11.1 Å². The summed E-state index contributed by atoms with van der Waals surface area (Å²) in [6.45, 7) is 0.963. The van der Waals surface area contributed by atoms with Crippen LogP contribution in [0.2, 0.25) is 0 Å². The van der Waals surface area contributed by atoms with Crippen LogP contribution in [0.15, 0.2) is 12.3 Å². The molecule has 5 heteroatoms. The number of rotatable bonds is 3. The molecule has 1 aromatic rings. The Morgan fingerprint density at radius 3 is 2.78 bits per heavy atom. The first-order chi connectivity index (χ1) is 8.72. The van der Waals surface area contributed by atoms with E-state index in [4.69, 9.17) is 5.73 Å². The molecule has 2 aliphatic heterocycles. The number of aromatic nitrogens is 2. The first-order valence-corrected chi connectivity index (χ1v) is 6.76. The quantitative estimate of drug-likeness (QED) is 0.844. The number of hydrogen-bond donors (Lipinski definition) is 2. The van der Waals surface area contributed by atoms with Crippen molar-refractivity contribution < 1.29 is 0 Å². The Morgan fingerprint density at radius 1 is 1.39 bits per heavy atom. The van der Waals surface area contributed by atoms with Crippen molar-refractivity contribution in [3.63, 3.8) is 0 Å². The van der Waals surface area contributed by atoms with Gasteiger partial charge in [0.1, 0.15) is 5.82 Å². The summed E-state index contributed by atoms with van der Waals surface area (Å²) in [4.78, 5) is 10.9. The molecule has 2 atom stereocenters. The maximum atomic E-state index is 5.64. The second-order valence-corrected chi connectivity index (χ2v) is 5.57. The number of anilines is 2. The van der Waals surface area contributed by atoms with Crippen LogP contribution in [0.25, 0.3) is 0 Å². The Hall–Kier alpha value is -1.36. The molecule has 3 heterocycles. The highest BCUT2D eigenvalue weighted by Gasteiger charge is 2.38. The van der Waals surface area contributed by atoms with Crippen LogP contribution in [-0.4, -0.2) is 40.5 Å². The molecule has 5 nitrogen and oxygen atoms in total. The van der Waals surface area contributed by atoms with Gasteiger partial charge in [-0.15, -0.1) is 0 Å². The van der Waals surface area contributed by atoms with Gasteiger partial charge in [0.15, 0.2) is 0 Å². The van der Waals surface area contributed by atoms with Gasteiger partial charge in [-0.05, 0) is 44.7 Å². The third-order valence-electron chi connectivity index (χ3n) is 4.42. The summed E-state index contributed by atoms with van der Waals surface area (Å²) in [7, 11) is 2.27. The van der Waals surface area contributed by atoms with Gasteiger partial charge in [-0.3, -0.25) is 0 Å². The molecule has 0 saturated carbocycles. The molecule has 1 aromatic heterocycles. The van der Waals surface area contributed by atoms with Crippen molar-refractivity contribution in [2.75, 3.05) is 24.6 Å². The van der Waals surface area contributed by atoms with Crippen LogP contribution in [0.1, 0.15) is 25.7 Å². The Bertz CT molecular complexity index is 408. The highest BCUT2D eigenvalue weighted by atomic mass is 15.2. The Kier molecular flexibility index (Phi) is 3.07. The summed E-state index contributed by atoms with van der Waals surface area (Å²) in [6.07, 6.45) is 7.02. The van der Waals surface area contributed by atoms with Crippen molar-refractivity contribution in [2.45, 2.75) is 37.8 Å². The molecule has 2 fully saturated rings. The molecule has 0 radical (unpaired) electrons. The van der Waals surface area contributed by atoms with E-state index in [1.165, 1.54) is 25.7 Å². The van der Waals surface area contributed by atoms with E-state index in [1.54, 1.807) is 12.3 Å². The zero-order chi connectivity index (χ0) is 12.5. The fourth-order valence-electron chi connectivity index (χ4n) is 3.38. The topological polar surface area (TPSA) is 67.1 Å². The van der Waals surface area contributed by atoms with Crippen LogP contribution in [0.3, 0.4) is 0 Å². The van der Waals surface area contributed by atoms with Crippen molar-refractivity contribution in [2.24, 2.45) is 5.92 Å². The van der Waals surface area contributed by atoms with E-state index in [9.17, 15) is 0 Å². The van der Waals surface area contributed by atoms with Gasteiger partial charge >= 0.3 is 0 Å². The first-order valence-electron chi connectivity index (χ1n) is 6.76. The monoisotopic (exact) mass is 247 g/mol. The predicted molar refractivity (Wildman–Crippen MR) is 72.2 cm³/mol. The predicted octanol–water partition coefficient (Wildman–Crippen LogP) is 1.34. The fourth-order valence-corrected chi connectivity index (χ4v) is 3.38. The van der Waals surface area contributed by atoms with Crippen molar-refractivity contribution >= 4 is 11.8 Å². The van der Waals surface area contributed by atoms with Gasteiger partial charge in [0.25, 0.3) is 0 Å².